The van der Waals surface area contributed by atoms with Crippen LogP contribution in [0.2, 0.25) is 0 Å². The van der Waals surface area contributed by atoms with E-state index >= 15 is 0 Å². The fraction of sp³-hybridized carbons (Fsp3) is 0.909. The van der Waals surface area contributed by atoms with Crippen LogP contribution in [0.5, 0.6) is 0 Å². The van der Waals surface area contributed by atoms with Gasteiger partial charge in [0.25, 0.3) is 0 Å². The van der Waals surface area contributed by atoms with E-state index in [1.807, 2.05) is 0 Å². The summed E-state index contributed by atoms with van der Waals surface area (Å²) in [4.78, 5) is 12.6. The SMILES string of the molecule is COCCOCCN(CCC(=O)O)C(C)C. The molecule has 0 rings (SSSR count). The summed E-state index contributed by atoms with van der Waals surface area (Å²) in [6.07, 6.45) is 0.177. The number of nitrogens with zero attached hydrogens (tertiary/aromatic N) is 1. The maximum absolute atomic E-state index is 10.5. The summed E-state index contributed by atoms with van der Waals surface area (Å²) in [6.45, 7) is 7.22. The van der Waals surface area contributed by atoms with Crippen LogP contribution in [-0.4, -0.2) is 62.0 Å². The molecule has 16 heavy (non-hydrogen) atoms. The molecule has 0 bridgehead atoms. The van der Waals surface area contributed by atoms with E-state index in [2.05, 4.69) is 18.7 Å². The van der Waals surface area contributed by atoms with Crippen molar-refractivity contribution in [3.05, 3.63) is 0 Å². The predicted molar refractivity (Wildman–Crippen MR) is 61.7 cm³/mol. The number of aliphatic carboxylic acids is 1. The molecule has 0 amide bonds. The highest BCUT2D eigenvalue weighted by Gasteiger charge is 2.10. The van der Waals surface area contributed by atoms with Crippen molar-refractivity contribution in [3.63, 3.8) is 0 Å². The van der Waals surface area contributed by atoms with E-state index in [1.165, 1.54) is 0 Å². The van der Waals surface area contributed by atoms with Gasteiger partial charge in [-0.1, -0.05) is 0 Å². The Kier molecular flexibility index (Phi) is 9.18. The molecular formula is C11H23NO4. The predicted octanol–water partition coefficient (Wildman–Crippen LogP) is 0.835. The Balaban J connectivity index is 3.64. The maximum atomic E-state index is 10.5. The Morgan fingerprint density at radius 2 is 1.94 bits per heavy atom. The van der Waals surface area contributed by atoms with Crippen LogP contribution >= 0.6 is 0 Å². The Morgan fingerprint density at radius 3 is 2.44 bits per heavy atom. The van der Waals surface area contributed by atoms with E-state index in [0.717, 1.165) is 6.54 Å². The molecule has 0 spiro atoms. The van der Waals surface area contributed by atoms with Crippen molar-refractivity contribution in [2.75, 3.05) is 40.0 Å². The summed E-state index contributed by atoms with van der Waals surface area (Å²) in [5.74, 6) is -0.758. The molecule has 0 aromatic rings. The molecule has 5 nitrogen and oxygen atoms in total. The molecule has 0 aromatic carbocycles. The average molecular weight is 233 g/mol. The maximum Gasteiger partial charge on any atom is 0.304 e. The van der Waals surface area contributed by atoms with Crippen LogP contribution in [0.4, 0.5) is 0 Å². The van der Waals surface area contributed by atoms with Crippen molar-refractivity contribution in [2.24, 2.45) is 0 Å². The summed E-state index contributed by atoms with van der Waals surface area (Å²) in [6, 6.07) is 0.338. The van der Waals surface area contributed by atoms with Crippen molar-refractivity contribution in [1.82, 2.24) is 4.90 Å². The lowest BCUT2D eigenvalue weighted by Gasteiger charge is -2.25. The van der Waals surface area contributed by atoms with Crippen molar-refractivity contribution < 1.29 is 19.4 Å². The van der Waals surface area contributed by atoms with Gasteiger partial charge in [-0.15, -0.1) is 0 Å². The smallest absolute Gasteiger partial charge is 0.304 e. The molecule has 1 N–H and O–H groups in total. The van der Waals surface area contributed by atoms with Crippen molar-refractivity contribution in [3.8, 4) is 0 Å². The lowest BCUT2D eigenvalue weighted by molar-refractivity contribution is -0.137. The first-order valence-electron chi connectivity index (χ1n) is 5.60. The lowest BCUT2D eigenvalue weighted by atomic mass is 10.3. The molecule has 5 heteroatoms. The van der Waals surface area contributed by atoms with Crippen molar-refractivity contribution >= 4 is 5.97 Å². The van der Waals surface area contributed by atoms with Crippen molar-refractivity contribution in [1.29, 1.82) is 0 Å². The molecule has 0 aliphatic carbocycles. The van der Waals surface area contributed by atoms with Gasteiger partial charge < -0.3 is 14.6 Å². The van der Waals surface area contributed by atoms with E-state index < -0.39 is 5.97 Å². The minimum atomic E-state index is -0.758. The second kappa shape index (κ2) is 9.57. The molecule has 0 fully saturated rings. The third kappa shape index (κ3) is 8.64. The van der Waals surface area contributed by atoms with Gasteiger partial charge in [0, 0.05) is 26.2 Å². The molecule has 0 aromatic heterocycles. The van der Waals surface area contributed by atoms with Crippen LogP contribution in [0.25, 0.3) is 0 Å². The molecule has 0 saturated heterocycles. The van der Waals surface area contributed by atoms with E-state index in [0.29, 0.717) is 32.4 Å². The van der Waals surface area contributed by atoms with Gasteiger partial charge in [0.15, 0.2) is 0 Å². The average Bonchev–Trinajstić information content (AvgIpc) is 2.21. The number of hydrogen-bond donors (Lipinski definition) is 1. The van der Waals surface area contributed by atoms with Gasteiger partial charge in [0.1, 0.15) is 0 Å². The van der Waals surface area contributed by atoms with Crippen LogP contribution < -0.4 is 0 Å². The highest BCUT2D eigenvalue weighted by atomic mass is 16.5. The number of carboxylic acids is 1. The first-order valence-corrected chi connectivity index (χ1v) is 5.60. The van der Waals surface area contributed by atoms with Gasteiger partial charge in [0.05, 0.1) is 26.2 Å². The largest absolute Gasteiger partial charge is 0.481 e. The first-order chi connectivity index (χ1) is 7.57. The van der Waals surface area contributed by atoms with Crippen LogP contribution in [0.3, 0.4) is 0 Å². The van der Waals surface area contributed by atoms with Gasteiger partial charge in [0.2, 0.25) is 0 Å². The van der Waals surface area contributed by atoms with Crippen molar-refractivity contribution in [2.45, 2.75) is 26.3 Å². The molecule has 0 radical (unpaired) electrons. The Bertz CT molecular complexity index is 185. The third-order valence-corrected chi connectivity index (χ3v) is 2.30. The normalized spacial score (nSPS) is 11.3. The second-order valence-corrected chi connectivity index (χ2v) is 3.88. The fourth-order valence-electron chi connectivity index (χ4n) is 1.29. The third-order valence-electron chi connectivity index (χ3n) is 2.30. The first kappa shape index (κ1) is 15.3. The fourth-order valence-corrected chi connectivity index (χ4v) is 1.29. The van der Waals surface area contributed by atoms with E-state index in [4.69, 9.17) is 14.6 Å². The van der Waals surface area contributed by atoms with Crippen LogP contribution in [0.1, 0.15) is 20.3 Å². The molecule has 0 atom stereocenters. The lowest BCUT2D eigenvalue weighted by Crippen LogP contribution is -2.35. The van der Waals surface area contributed by atoms with Crippen LogP contribution in [-0.2, 0) is 14.3 Å². The quantitative estimate of drug-likeness (QED) is 0.566. The highest BCUT2D eigenvalue weighted by Crippen LogP contribution is 1.99. The summed E-state index contributed by atoms with van der Waals surface area (Å²) >= 11 is 0. The minimum absolute atomic E-state index is 0.177. The number of ether oxygens (including phenoxy) is 2. The molecule has 0 heterocycles. The summed E-state index contributed by atoms with van der Waals surface area (Å²) in [7, 11) is 1.64. The number of carboxylic acid groups (broad SMARTS) is 1. The molecular weight excluding hydrogens is 210 g/mol. The Hall–Kier alpha value is -0.650. The van der Waals surface area contributed by atoms with Gasteiger partial charge in [-0.3, -0.25) is 9.69 Å². The number of carbonyl (C=O) groups is 1. The monoisotopic (exact) mass is 233 g/mol. The van der Waals surface area contributed by atoms with E-state index in [-0.39, 0.29) is 6.42 Å². The van der Waals surface area contributed by atoms with Gasteiger partial charge in [-0.25, -0.2) is 0 Å². The zero-order valence-electron chi connectivity index (χ0n) is 10.4. The van der Waals surface area contributed by atoms with E-state index in [9.17, 15) is 4.79 Å². The zero-order chi connectivity index (χ0) is 12.4. The zero-order valence-corrected chi connectivity index (χ0v) is 10.4. The summed E-state index contributed by atoms with van der Waals surface area (Å²) < 4.78 is 10.2. The minimum Gasteiger partial charge on any atom is -0.481 e. The standard InChI is InChI=1S/C11H23NO4/c1-10(2)12(5-4-11(13)14)6-7-16-9-8-15-3/h10H,4-9H2,1-3H3,(H,13,14). The number of rotatable bonds is 10. The molecule has 0 unspecified atom stereocenters. The van der Waals surface area contributed by atoms with Gasteiger partial charge >= 0.3 is 5.97 Å². The second-order valence-electron chi connectivity index (χ2n) is 3.88. The molecule has 0 aliphatic heterocycles. The van der Waals surface area contributed by atoms with Crippen LogP contribution in [0.15, 0.2) is 0 Å². The Labute approximate surface area is 97.3 Å². The molecule has 0 aliphatic rings. The topological polar surface area (TPSA) is 59.0 Å². The van der Waals surface area contributed by atoms with Crippen LogP contribution in [0, 0.1) is 0 Å². The molecule has 0 saturated carbocycles. The number of methoxy groups -OCH3 is 1. The van der Waals surface area contributed by atoms with Gasteiger partial charge in [-0.05, 0) is 13.8 Å². The number of hydrogen-bond acceptors (Lipinski definition) is 4. The van der Waals surface area contributed by atoms with Gasteiger partial charge in [-0.2, -0.15) is 0 Å². The van der Waals surface area contributed by atoms with E-state index in [1.54, 1.807) is 7.11 Å². The molecule has 96 valence electrons. The Morgan fingerprint density at radius 1 is 1.25 bits per heavy atom. The summed E-state index contributed by atoms with van der Waals surface area (Å²) in [5.41, 5.74) is 0. The summed E-state index contributed by atoms with van der Waals surface area (Å²) in [5, 5.41) is 8.61. The highest BCUT2D eigenvalue weighted by molar-refractivity contribution is 5.66.